The molecule has 1 heterocycles. The van der Waals surface area contributed by atoms with Crippen molar-refractivity contribution < 1.29 is 33.3 Å². The average molecular weight is 500 g/mol. The number of benzene rings is 2. The first-order valence-electron chi connectivity index (χ1n) is 11.1. The summed E-state index contributed by atoms with van der Waals surface area (Å²) in [6, 6.07) is 9.23. The summed E-state index contributed by atoms with van der Waals surface area (Å²) < 4.78 is 21.8. The van der Waals surface area contributed by atoms with Crippen LogP contribution in [0.4, 0.5) is 4.79 Å². The number of carbonyl (C=O) groups is 3. The van der Waals surface area contributed by atoms with Crippen molar-refractivity contribution in [3.05, 3.63) is 51.9 Å². The van der Waals surface area contributed by atoms with Gasteiger partial charge in [-0.05, 0) is 65.6 Å². The third kappa shape index (κ3) is 6.16. The molecular formula is C26H29NO7S. The van der Waals surface area contributed by atoms with Crippen molar-refractivity contribution in [2.75, 3.05) is 27.4 Å². The maximum Gasteiger partial charge on any atom is 0.308 e. The van der Waals surface area contributed by atoms with Crippen LogP contribution in [-0.4, -0.2) is 49.4 Å². The van der Waals surface area contributed by atoms with Crippen molar-refractivity contribution in [3.8, 4) is 23.0 Å². The molecule has 2 amide bonds. The lowest BCUT2D eigenvalue weighted by Crippen LogP contribution is -2.32. The first kappa shape index (κ1) is 26.2. The van der Waals surface area contributed by atoms with E-state index in [1.54, 1.807) is 18.2 Å². The molecule has 0 saturated carbocycles. The number of amides is 2. The average Bonchev–Trinajstić information content (AvgIpc) is 3.06. The number of thioether (sulfide) groups is 1. The Morgan fingerprint density at radius 2 is 1.71 bits per heavy atom. The SMILES string of the molecule is COc1cc(/C=C2\SC(=O)N(CCOc3cc(C)ccc3C(C)C)C2=O)cc(OC)c1OC(C)=O. The highest BCUT2D eigenvalue weighted by Crippen LogP contribution is 2.40. The van der Waals surface area contributed by atoms with E-state index in [0.717, 1.165) is 28.6 Å². The predicted octanol–water partition coefficient (Wildman–Crippen LogP) is 5.18. The highest BCUT2D eigenvalue weighted by molar-refractivity contribution is 8.18. The van der Waals surface area contributed by atoms with Gasteiger partial charge in [-0.25, -0.2) is 0 Å². The summed E-state index contributed by atoms with van der Waals surface area (Å²) in [5, 5.41) is -0.367. The smallest absolute Gasteiger partial charge is 0.308 e. The Labute approximate surface area is 209 Å². The van der Waals surface area contributed by atoms with Crippen LogP contribution in [0.5, 0.6) is 23.0 Å². The van der Waals surface area contributed by atoms with Gasteiger partial charge < -0.3 is 18.9 Å². The maximum atomic E-state index is 12.9. The summed E-state index contributed by atoms with van der Waals surface area (Å²) in [5.41, 5.74) is 2.70. The zero-order valence-electron chi connectivity index (χ0n) is 20.7. The number of nitrogens with zero attached hydrogens (tertiary/aromatic N) is 1. The van der Waals surface area contributed by atoms with E-state index in [2.05, 4.69) is 13.8 Å². The molecule has 9 heteroatoms. The molecule has 0 bridgehead atoms. The van der Waals surface area contributed by atoms with Crippen molar-refractivity contribution in [3.63, 3.8) is 0 Å². The predicted molar refractivity (Wildman–Crippen MR) is 134 cm³/mol. The number of rotatable bonds is 9. The third-order valence-electron chi connectivity index (χ3n) is 5.26. The van der Waals surface area contributed by atoms with Gasteiger partial charge in [-0.15, -0.1) is 0 Å². The number of carbonyl (C=O) groups excluding carboxylic acids is 3. The summed E-state index contributed by atoms with van der Waals surface area (Å²) in [4.78, 5) is 38.3. The van der Waals surface area contributed by atoms with E-state index in [9.17, 15) is 14.4 Å². The van der Waals surface area contributed by atoms with Gasteiger partial charge in [0, 0.05) is 6.92 Å². The Morgan fingerprint density at radius 1 is 1.06 bits per heavy atom. The van der Waals surface area contributed by atoms with Gasteiger partial charge in [0.05, 0.1) is 25.7 Å². The number of esters is 1. The van der Waals surface area contributed by atoms with Crippen LogP contribution in [0.1, 0.15) is 43.4 Å². The molecule has 1 aliphatic rings. The summed E-state index contributed by atoms with van der Waals surface area (Å²) in [6.45, 7) is 7.75. The van der Waals surface area contributed by atoms with Crippen molar-refractivity contribution in [1.82, 2.24) is 4.90 Å². The second-order valence-electron chi connectivity index (χ2n) is 8.23. The molecule has 0 atom stereocenters. The minimum Gasteiger partial charge on any atom is -0.493 e. The van der Waals surface area contributed by atoms with Gasteiger partial charge in [0.2, 0.25) is 5.75 Å². The minimum absolute atomic E-state index is 0.130. The van der Waals surface area contributed by atoms with Crippen LogP contribution in [0.25, 0.3) is 6.08 Å². The molecule has 8 nitrogen and oxygen atoms in total. The van der Waals surface area contributed by atoms with E-state index in [-0.39, 0.29) is 46.5 Å². The van der Waals surface area contributed by atoms with Crippen molar-refractivity contribution >= 4 is 35.0 Å². The first-order chi connectivity index (χ1) is 16.6. The lowest BCUT2D eigenvalue weighted by molar-refractivity contribution is -0.132. The normalized spacial score (nSPS) is 14.6. The van der Waals surface area contributed by atoms with Gasteiger partial charge in [-0.2, -0.15) is 0 Å². The van der Waals surface area contributed by atoms with E-state index in [1.807, 2.05) is 25.1 Å². The molecule has 0 unspecified atom stereocenters. The molecule has 2 aromatic rings. The van der Waals surface area contributed by atoms with E-state index >= 15 is 0 Å². The molecule has 2 aromatic carbocycles. The Balaban J connectivity index is 1.76. The molecule has 35 heavy (non-hydrogen) atoms. The molecule has 3 rings (SSSR count). The van der Waals surface area contributed by atoms with Crippen LogP contribution >= 0.6 is 11.8 Å². The number of ether oxygens (including phenoxy) is 4. The quantitative estimate of drug-likeness (QED) is 0.265. The number of aryl methyl sites for hydroxylation is 1. The van der Waals surface area contributed by atoms with Crippen LogP contribution in [-0.2, 0) is 9.59 Å². The third-order valence-corrected chi connectivity index (χ3v) is 6.17. The van der Waals surface area contributed by atoms with Crippen LogP contribution in [0.2, 0.25) is 0 Å². The molecule has 0 aliphatic carbocycles. The summed E-state index contributed by atoms with van der Waals surface area (Å²) in [5.74, 6) is 0.779. The summed E-state index contributed by atoms with van der Waals surface area (Å²) in [7, 11) is 2.86. The maximum absolute atomic E-state index is 12.9. The molecular weight excluding hydrogens is 470 g/mol. The van der Waals surface area contributed by atoms with Gasteiger partial charge in [0.25, 0.3) is 11.1 Å². The lowest BCUT2D eigenvalue weighted by atomic mass is 10.0. The van der Waals surface area contributed by atoms with E-state index < -0.39 is 11.9 Å². The zero-order chi connectivity index (χ0) is 25.7. The van der Waals surface area contributed by atoms with Gasteiger partial charge in [0.15, 0.2) is 11.5 Å². The Kier molecular flexibility index (Phi) is 8.45. The largest absolute Gasteiger partial charge is 0.493 e. The van der Waals surface area contributed by atoms with Gasteiger partial charge in [-0.1, -0.05) is 26.0 Å². The molecule has 1 aliphatic heterocycles. The number of hydrogen-bond donors (Lipinski definition) is 0. The Morgan fingerprint density at radius 3 is 2.29 bits per heavy atom. The highest BCUT2D eigenvalue weighted by atomic mass is 32.2. The fourth-order valence-corrected chi connectivity index (χ4v) is 4.43. The van der Waals surface area contributed by atoms with Crippen LogP contribution in [0.15, 0.2) is 35.2 Å². The fraction of sp³-hybridized carbons (Fsp3) is 0.346. The number of imide groups is 1. The van der Waals surface area contributed by atoms with Crippen molar-refractivity contribution in [2.24, 2.45) is 0 Å². The second kappa shape index (κ2) is 11.3. The zero-order valence-corrected chi connectivity index (χ0v) is 21.5. The van der Waals surface area contributed by atoms with Gasteiger partial charge in [0.1, 0.15) is 12.4 Å². The van der Waals surface area contributed by atoms with E-state index in [1.165, 1.54) is 26.0 Å². The lowest BCUT2D eigenvalue weighted by Gasteiger charge is -2.17. The molecule has 1 saturated heterocycles. The van der Waals surface area contributed by atoms with Crippen LogP contribution < -0.4 is 18.9 Å². The minimum atomic E-state index is -0.524. The summed E-state index contributed by atoms with van der Waals surface area (Å²) in [6.07, 6.45) is 1.58. The van der Waals surface area contributed by atoms with Crippen LogP contribution in [0, 0.1) is 6.92 Å². The van der Waals surface area contributed by atoms with Crippen LogP contribution in [0.3, 0.4) is 0 Å². The van der Waals surface area contributed by atoms with Gasteiger partial charge in [-0.3, -0.25) is 19.3 Å². The Hall–Kier alpha value is -3.46. The number of hydrogen-bond acceptors (Lipinski definition) is 8. The van der Waals surface area contributed by atoms with Gasteiger partial charge >= 0.3 is 5.97 Å². The van der Waals surface area contributed by atoms with Crippen molar-refractivity contribution in [2.45, 2.75) is 33.6 Å². The fourth-order valence-electron chi connectivity index (χ4n) is 3.56. The number of methoxy groups -OCH3 is 2. The van der Waals surface area contributed by atoms with Crippen molar-refractivity contribution in [1.29, 1.82) is 0 Å². The Bertz CT molecular complexity index is 1150. The second-order valence-corrected chi connectivity index (χ2v) is 9.22. The standard InChI is InChI=1S/C26H29NO7S/c1-15(2)19-8-7-16(3)11-20(19)33-10-9-27-25(29)23(35-26(27)30)14-18-12-21(31-5)24(34-17(4)28)22(13-18)32-6/h7-8,11-15H,9-10H2,1-6H3/b23-14-. The molecule has 0 N–H and O–H groups in total. The highest BCUT2D eigenvalue weighted by Gasteiger charge is 2.35. The molecule has 186 valence electrons. The molecule has 0 aromatic heterocycles. The molecule has 1 fully saturated rings. The molecule has 0 spiro atoms. The summed E-state index contributed by atoms with van der Waals surface area (Å²) >= 11 is 0.851. The topological polar surface area (TPSA) is 91.4 Å². The van der Waals surface area contributed by atoms with E-state index in [4.69, 9.17) is 18.9 Å². The molecule has 0 radical (unpaired) electrons. The van der Waals surface area contributed by atoms with E-state index in [0.29, 0.717) is 5.56 Å². The first-order valence-corrected chi connectivity index (χ1v) is 11.9. The monoisotopic (exact) mass is 499 g/mol.